The maximum Gasteiger partial charge on any atom is 0.268 e. The number of halogens is 1. The van der Waals surface area contributed by atoms with Crippen molar-refractivity contribution in [3.05, 3.63) is 63.6 Å². The molecule has 0 aliphatic carbocycles. The van der Waals surface area contributed by atoms with E-state index in [1.165, 1.54) is 5.57 Å². The second kappa shape index (κ2) is 8.17. The van der Waals surface area contributed by atoms with E-state index in [1.54, 1.807) is 5.38 Å². The third-order valence-corrected chi connectivity index (χ3v) is 5.88. The molecule has 0 atom stereocenters. The summed E-state index contributed by atoms with van der Waals surface area (Å²) in [6.45, 7) is 3.45. The van der Waals surface area contributed by atoms with Crippen molar-refractivity contribution in [1.29, 1.82) is 0 Å². The average Bonchev–Trinajstić information content (AvgIpc) is 3.11. The monoisotopic (exact) mass is 383 g/mol. The minimum Gasteiger partial charge on any atom is -0.321 e. The lowest BCUT2D eigenvalue weighted by Gasteiger charge is -2.14. The molecule has 0 saturated heterocycles. The Morgan fingerprint density at radius 2 is 1.67 bits per heavy atom. The van der Waals surface area contributed by atoms with E-state index >= 15 is 0 Å². The first-order chi connectivity index (χ1) is 13.2. The molecule has 0 unspecified atom stereocenters. The van der Waals surface area contributed by atoms with Crippen molar-refractivity contribution in [1.82, 2.24) is 10.6 Å². The second-order valence-electron chi connectivity index (χ2n) is 6.69. The Balaban J connectivity index is 1.47. The SMILES string of the molecule is O=C(Nc1ccc(C2=CCNCC2)cc1)c1scc(C2=CCNCC2)c1F. The molecule has 2 aliphatic rings. The van der Waals surface area contributed by atoms with Gasteiger partial charge in [-0.15, -0.1) is 11.3 Å². The van der Waals surface area contributed by atoms with Crippen molar-refractivity contribution in [3.63, 3.8) is 0 Å². The van der Waals surface area contributed by atoms with Gasteiger partial charge in [0, 0.05) is 29.7 Å². The Morgan fingerprint density at radius 3 is 2.30 bits per heavy atom. The van der Waals surface area contributed by atoms with Crippen LogP contribution in [0.1, 0.15) is 33.6 Å². The normalized spacial score (nSPS) is 17.2. The van der Waals surface area contributed by atoms with Gasteiger partial charge in [0.15, 0.2) is 5.82 Å². The zero-order valence-electron chi connectivity index (χ0n) is 15.0. The molecule has 1 aromatic heterocycles. The van der Waals surface area contributed by atoms with Gasteiger partial charge in [0.2, 0.25) is 0 Å². The Morgan fingerprint density at radius 1 is 1.00 bits per heavy atom. The summed E-state index contributed by atoms with van der Waals surface area (Å²) in [4.78, 5) is 12.7. The van der Waals surface area contributed by atoms with E-state index < -0.39 is 11.7 Å². The molecule has 0 fully saturated rings. The highest BCUT2D eigenvalue weighted by Crippen LogP contribution is 2.30. The lowest BCUT2D eigenvalue weighted by molar-refractivity contribution is 0.102. The number of benzene rings is 1. The number of hydrogen-bond donors (Lipinski definition) is 3. The molecule has 0 radical (unpaired) electrons. The molecule has 2 aromatic rings. The van der Waals surface area contributed by atoms with Gasteiger partial charge >= 0.3 is 0 Å². The van der Waals surface area contributed by atoms with E-state index in [2.05, 4.69) is 22.0 Å². The summed E-state index contributed by atoms with van der Waals surface area (Å²) in [5.74, 6) is -0.811. The molecule has 1 aromatic carbocycles. The van der Waals surface area contributed by atoms with Crippen molar-refractivity contribution < 1.29 is 9.18 Å². The zero-order valence-corrected chi connectivity index (χ0v) is 15.8. The molecule has 0 bridgehead atoms. The third-order valence-electron chi connectivity index (χ3n) is 4.92. The highest BCUT2D eigenvalue weighted by Gasteiger charge is 2.21. The van der Waals surface area contributed by atoms with Crippen LogP contribution < -0.4 is 16.0 Å². The first-order valence-corrected chi connectivity index (χ1v) is 10.1. The lowest BCUT2D eigenvalue weighted by Crippen LogP contribution is -2.20. The Labute approximate surface area is 162 Å². The number of carbonyl (C=O) groups excluding carboxylic acids is 1. The number of nitrogens with one attached hydrogen (secondary N) is 3. The van der Waals surface area contributed by atoms with Crippen molar-refractivity contribution >= 4 is 34.1 Å². The fourth-order valence-corrected chi connectivity index (χ4v) is 4.28. The molecule has 2 aliphatic heterocycles. The van der Waals surface area contributed by atoms with Crippen molar-refractivity contribution in [2.24, 2.45) is 0 Å². The molecule has 6 heteroatoms. The minimum absolute atomic E-state index is 0.134. The van der Waals surface area contributed by atoms with Gasteiger partial charge in [-0.1, -0.05) is 24.3 Å². The molecule has 3 N–H and O–H groups in total. The number of carbonyl (C=O) groups is 1. The first kappa shape index (κ1) is 18.1. The topological polar surface area (TPSA) is 53.2 Å². The Kier molecular flexibility index (Phi) is 5.48. The average molecular weight is 383 g/mol. The van der Waals surface area contributed by atoms with Crippen LogP contribution in [0.15, 0.2) is 41.8 Å². The zero-order chi connectivity index (χ0) is 18.6. The van der Waals surface area contributed by atoms with Crippen LogP contribution in [0.2, 0.25) is 0 Å². The van der Waals surface area contributed by atoms with Gasteiger partial charge in [-0.05, 0) is 54.8 Å². The Bertz CT molecular complexity index is 899. The fraction of sp³-hybridized carbons (Fsp3) is 0.286. The van der Waals surface area contributed by atoms with Crippen LogP contribution >= 0.6 is 11.3 Å². The van der Waals surface area contributed by atoms with Gasteiger partial charge < -0.3 is 16.0 Å². The molecule has 27 heavy (non-hydrogen) atoms. The number of thiophene rings is 1. The maximum absolute atomic E-state index is 14.8. The van der Waals surface area contributed by atoms with Crippen LogP contribution in [0.5, 0.6) is 0 Å². The third kappa shape index (κ3) is 4.03. The van der Waals surface area contributed by atoms with Gasteiger partial charge in [0.25, 0.3) is 5.91 Å². The van der Waals surface area contributed by atoms with Gasteiger partial charge in [0.05, 0.1) is 0 Å². The largest absolute Gasteiger partial charge is 0.321 e. The standard InChI is InChI=1S/C21H22FN3OS/c22-19-18(16-7-11-24-12-8-16)13-27-20(19)21(26)25-17-3-1-14(2-4-17)15-5-9-23-10-6-15/h1-5,7,13,23-24H,6,8-12H2,(H,25,26). The molecule has 4 rings (SSSR count). The van der Waals surface area contributed by atoms with E-state index in [-0.39, 0.29) is 4.88 Å². The number of hydrogen-bond acceptors (Lipinski definition) is 4. The smallest absolute Gasteiger partial charge is 0.268 e. The van der Waals surface area contributed by atoms with Crippen molar-refractivity contribution in [3.8, 4) is 0 Å². The second-order valence-corrected chi connectivity index (χ2v) is 7.57. The van der Waals surface area contributed by atoms with E-state index in [0.717, 1.165) is 61.5 Å². The van der Waals surface area contributed by atoms with E-state index in [1.807, 2.05) is 30.3 Å². The first-order valence-electron chi connectivity index (χ1n) is 9.21. The van der Waals surface area contributed by atoms with Gasteiger partial charge in [-0.3, -0.25) is 4.79 Å². The maximum atomic E-state index is 14.8. The van der Waals surface area contributed by atoms with Gasteiger partial charge in [-0.2, -0.15) is 0 Å². The molecule has 140 valence electrons. The minimum atomic E-state index is -0.415. The van der Waals surface area contributed by atoms with Gasteiger partial charge in [-0.25, -0.2) is 4.39 Å². The van der Waals surface area contributed by atoms with E-state index in [9.17, 15) is 9.18 Å². The summed E-state index contributed by atoms with van der Waals surface area (Å²) < 4.78 is 14.8. The van der Waals surface area contributed by atoms with Gasteiger partial charge in [0.1, 0.15) is 4.88 Å². The molecule has 4 nitrogen and oxygen atoms in total. The van der Waals surface area contributed by atoms with Crippen molar-refractivity contribution in [2.45, 2.75) is 12.8 Å². The van der Waals surface area contributed by atoms with Crippen LogP contribution in [0, 0.1) is 5.82 Å². The summed E-state index contributed by atoms with van der Waals surface area (Å²) in [6.07, 6.45) is 5.96. The van der Waals surface area contributed by atoms with Crippen LogP contribution in [0.4, 0.5) is 10.1 Å². The highest BCUT2D eigenvalue weighted by molar-refractivity contribution is 7.12. The molecule has 0 saturated carbocycles. The van der Waals surface area contributed by atoms with Crippen LogP contribution in [-0.4, -0.2) is 32.1 Å². The van der Waals surface area contributed by atoms with E-state index in [0.29, 0.717) is 11.3 Å². The Hall–Kier alpha value is -2.28. The summed E-state index contributed by atoms with van der Waals surface area (Å²) in [5, 5.41) is 11.1. The summed E-state index contributed by atoms with van der Waals surface area (Å²) >= 11 is 1.16. The number of anilines is 1. The van der Waals surface area contributed by atoms with Crippen LogP contribution in [-0.2, 0) is 0 Å². The van der Waals surface area contributed by atoms with Crippen molar-refractivity contribution in [2.75, 3.05) is 31.5 Å². The predicted octanol–water partition coefficient (Wildman–Crippen LogP) is 3.89. The van der Waals surface area contributed by atoms with Crippen LogP contribution in [0.3, 0.4) is 0 Å². The molecular weight excluding hydrogens is 361 g/mol. The molecule has 1 amide bonds. The number of amides is 1. The quantitative estimate of drug-likeness (QED) is 0.751. The molecular formula is C21H22FN3OS. The summed E-state index contributed by atoms with van der Waals surface area (Å²) in [6, 6.07) is 7.75. The fourth-order valence-electron chi connectivity index (χ4n) is 3.42. The highest BCUT2D eigenvalue weighted by atomic mass is 32.1. The number of rotatable bonds is 4. The molecule has 0 spiro atoms. The lowest BCUT2D eigenvalue weighted by atomic mass is 10.00. The van der Waals surface area contributed by atoms with Crippen LogP contribution in [0.25, 0.3) is 11.1 Å². The molecule has 3 heterocycles. The predicted molar refractivity (Wildman–Crippen MR) is 110 cm³/mol. The van der Waals surface area contributed by atoms with E-state index in [4.69, 9.17) is 0 Å². The summed E-state index contributed by atoms with van der Waals surface area (Å²) in [5.41, 5.74) is 4.68. The summed E-state index contributed by atoms with van der Waals surface area (Å²) in [7, 11) is 0.